The van der Waals surface area contributed by atoms with Crippen molar-refractivity contribution in [3.05, 3.63) is 0 Å². The molecule has 0 aromatic carbocycles. The van der Waals surface area contributed by atoms with Gasteiger partial charge in [0.1, 0.15) is 5.54 Å². The Balaban J connectivity index is 2.34. The van der Waals surface area contributed by atoms with E-state index in [1.165, 1.54) is 0 Å². The molecule has 1 fully saturated rings. The molecule has 2 N–H and O–H groups in total. The SMILES string of the molecule is CNC1(C(=O)O)CCCC1CCOCCC(F)(F)F. The maximum Gasteiger partial charge on any atom is 0.391 e. The molecule has 0 spiro atoms. The Morgan fingerprint density at radius 1 is 1.47 bits per heavy atom. The van der Waals surface area contributed by atoms with E-state index in [2.05, 4.69) is 5.32 Å². The summed E-state index contributed by atoms with van der Waals surface area (Å²) in [6, 6.07) is 0. The van der Waals surface area contributed by atoms with Crippen molar-refractivity contribution in [1.29, 1.82) is 0 Å². The molecule has 0 aromatic rings. The average Bonchev–Trinajstić information content (AvgIpc) is 2.71. The van der Waals surface area contributed by atoms with Crippen LogP contribution in [0.5, 0.6) is 0 Å². The fourth-order valence-corrected chi connectivity index (χ4v) is 2.70. The fourth-order valence-electron chi connectivity index (χ4n) is 2.70. The van der Waals surface area contributed by atoms with Gasteiger partial charge in [-0.1, -0.05) is 6.42 Å². The summed E-state index contributed by atoms with van der Waals surface area (Å²) in [5.41, 5.74) is -0.951. The van der Waals surface area contributed by atoms with Crippen LogP contribution < -0.4 is 5.32 Å². The highest BCUT2D eigenvalue weighted by Gasteiger charge is 2.47. The van der Waals surface area contributed by atoms with Crippen LogP contribution in [0.1, 0.15) is 32.1 Å². The first kappa shape index (κ1) is 16.2. The summed E-state index contributed by atoms with van der Waals surface area (Å²) in [6.07, 6.45) is -2.59. The molecule has 0 aliphatic heterocycles. The summed E-state index contributed by atoms with van der Waals surface area (Å²) in [5, 5.41) is 12.1. The molecule has 0 aromatic heterocycles. The van der Waals surface area contributed by atoms with Crippen molar-refractivity contribution in [3.8, 4) is 0 Å². The number of aliphatic carboxylic acids is 1. The summed E-state index contributed by atoms with van der Waals surface area (Å²) in [6.45, 7) is -0.201. The van der Waals surface area contributed by atoms with Gasteiger partial charge in [-0.15, -0.1) is 0 Å². The topological polar surface area (TPSA) is 58.6 Å². The molecule has 1 rings (SSSR count). The first-order chi connectivity index (χ1) is 8.82. The van der Waals surface area contributed by atoms with Gasteiger partial charge in [-0.2, -0.15) is 13.2 Å². The third-order valence-corrected chi connectivity index (χ3v) is 3.79. The maximum absolute atomic E-state index is 11.9. The van der Waals surface area contributed by atoms with Crippen molar-refractivity contribution in [1.82, 2.24) is 5.32 Å². The standard InChI is InChI=1S/C12H20F3NO3/c1-16-11(10(17)18)5-2-3-9(11)4-7-19-8-6-12(13,14)15/h9,16H,2-8H2,1H3,(H,17,18). The molecule has 7 heteroatoms. The highest BCUT2D eigenvalue weighted by Crippen LogP contribution is 2.38. The van der Waals surface area contributed by atoms with Crippen molar-refractivity contribution < 1.29 is 27.8 Å². The normalized spacial score (nSPS) is 27.7. The van der Waals surface area contributed by atoms with Crippen molar-refractivity contribution in [3.63, 3.8) is 0 Å². The first-order valence-electron chi connectivity index (χ1n) is 6.38. The molecular weight excluding hydrogens is 263 g/mol. The Hall–Kier alpha value is -0.820. The van der Waals surface area contributed by atoms with E-state index in [1.807, 2.05) is 0 Å². The Bertz CT molecular complexity index is 309. The van der Waals surface area contributed by atoms with Gasteiger partial charge in [0, 0.05) is 6.61 Å². The second kappa shape index (κ2) is 6.56. The van der Waals surface area contributed by atoms with Gasteiger partial charge in [0.25, 0.3) is 0 Å². The van der Waals surface area contributed by atoms with Crippen molar-refractivity contribution in [2.24, 2.45) is 5.92 Å². The van der Waals surface area contributed by atoms with Crippen LogP contribution >= 0.6 is 0 Å². The molecule has 0 amide bonds. The second-order valence-corrected chi connectivity index (χ2v) is 4.88. The van der Waals surface area contributed by atoms with E-state index in [9.17, 15) is 23.1 Å². The summed E-state index contributed by atoms with van der Waals surface area (Å²) in [5.74, 6) is -0.992. The molecule has 1 aliphatic carbocycles. The third kappa shape index (κ3) is 4.35. The van der Waals surface area contributed by atoms with Crippen LogP contribution in [0.15, 0.2) is 0 Å². The van der Waals surface area contributed by atoms with Crippen molar-refractivity contribution in [2.75, 3.05) is 20.3 Å². The van der Waals surface area contributed by atoms with E-state index in [0.29, 0.717) is 12.8 Å². The number of hydrogen-bond acceptors (Lipinski definition) is 3. The lowest BCUT2D eigenvalue weighted by atomic mass is 9.85. The van der Waals surface area contributed by atoms with Gasteiger partial charge < -0.3 is 15.2 Å². The molecule has 0 saturated heterocycles. The molecule has 0 bridgehead atoms. The Morgan fingerprint density at radius 3 is 2.68 bits per heavy atom. The molecule has 2 unspecified atom stereocenters. The van der Waals surface area contributed by atoms with Crippen LogP contribution in [0.25, 0.3) is 0 Å². The lowest BCUT2D eigenvalue weighted by Gasteiger charge is -2.30. The molecule has 1 saturated carbocycles. The van der Waals surface area contributed by atoms with Gasteiger partial charge in [0.2, 0.25) is 0 Å². The highest BCUT2D eigenvalue weighted by molar-refractivity contribution is 5.79. The van der Waals surface area contributed by atoms with E-state index in [0.717, 1.165) is 12.8 Å². The van der Waals surface area contributed by atoms with Gasteiger partial charge in [-0.25, -0.2) is 0 Å². The minimum Gasteiger partial charge on any atom is -0.480 e. The summed E-state index contributed by atoms with van der Waals surface area (Å²) in [4.78, 5) is 11.3. The zero-order valence-corrected chi connectivity index (χ0v) is 10.9. The van der Waals surface area contributed by atoms with E-state index in [-0.39, 0.29) is 19.1 Å². The van der Waals surface area contributed by atoms with Crippen molar-refractivity contribution in [2.45, 2.75) is 43.8 Å². The number of halogens is 3. The van der Waals surface area contributed by atoms with E-state index < -0.39 is 24.1 Å². The number of carboxylic acid groups (broad SMARTS) is 1. The number of rotatable bonds is 7. The predicted octanol–water partition coefficient (Wildman–Crippen LogP) is 2.19. The zero-order valence-electron chi connectivity index (χ0n) is 10.9. The lowest BCUT2D eigenvalue weighted by Crippen LogP contribution is -2.53. The van der Waals surface area contributed by atoms with E-state index in [4.69, 9.17) is 4.74 Å². The summed E-state index contributed by atoms with van der Waals surface area (Å²) >= 11 is 0. The number of likely N-dealkylation sites (N-methyl/N-ethyl adjacent to an activating group) is 1. The van der Waals surface area contributed by atoms with Crippen LogP contribution in [0.4, 0.5) is 13.2 Å². The third-order valence-electron chi connectivity index (χ3n) is 3.79. The smallest absolute Gasteiger partial charge is 0.391 e. The zero-order chi connectivity index (χ0) is 14.5. The fraction of sp³-hybridized carbons (Fsp3) is 0.917. The van der Waals surface area contributed by atoms with Gasteiger partial charge in [-0.3, -0.25) is 4.79 Å². The van der Waals surface area contributed by atoms with Crippen LogP contribution in [0.2, 0.25) is 0 Å². The molecular formula is C12H20F3NO3. The monoisotopic (exact) mass is 283 g/mol. The number of alkyl halides is 3. The maximum atomic E-state index is 11.9. The van der Waals surface area contributed by atoms with Gasteiger partial charge in [-0.05, 0) is 32.2 Å². The van der Waals surface area contributed by atoms with Crippen LogP contribution in [0, 0.1) is 5.92 Å². The van der Waals surface area contributed by atoms with E-state index >= 15 is 0 Å². The molecule has 0 heterocycles. The number of hydrogen-bond donors (Lipinski definition) is 2. The van der Waals surface area contributed by atoms with Gasteiger partial charge in [0.05, 0.1) is 13.0 Å². The molecule has 4 nitrogen and oxygen atoms in total. The molecule has 1 aliphatic rings. The van der Waals surface area contributed by atoms with Crippen molar-refractivity contribution >= 4 is 5.97 Å². The van der Waals surface area contributed by atoms with E-state index in [1.54, 1.807) is 7.05 Å². The predicted molar refractivity (Wildman–Crippen MR) is 62.9 cm³/mol. The Kier molecular flexibility index (Phi) is 5.61. The number of nitrogens with one attached hydrogen (secondary N) is 1. The van der Waals surface area contributed by atoms with Gasteiger partial charge in [0.15, 0.2) is 0 Å². The quantitative estimate of drug-likeness (QED) is 0.703. The van der Waals surface area contributed by atoms with Crippen LogP contribution in [-0.2, 0) is 9.53 Å². The van der Waals surface area contributed by atoms with Crippen LogP contribution in [-0.4, -0.2) is 43.1 Å². The summed E-state index contributed by atoms with van der Waals surface area (Å²) < 4.78 is 40.6. The molecule has 0 radical (unpaired) electrons. The highest BCUT2D eigenvalue weighted by atomic mass is 19.4. The van der Waals surface area contributed by atoms with Gasteiger partial charge >= 0.3 is 12.1 Å². The minimum atomic E-state index is -4.21. The molecule has 19 heavy (non-hydrogen) atoms. The second-order valence-electron chi connectivity index (χ2n) is 4.88. The lowest BCUT2D eigenvalue weighted by molar-refractivity contribution is -0.147. The number of carboxylic acids is 1. The first-order valence-corrected chi connectivity index (χ1v) is 6.38. The molecule has 112 valence electrons. The Morgan fingerprint density at radius 2 is 2.16 bits per heavy atom. The number of carbonyl (C=O) groups is 1. The summed E-state index contributed by atoms with van der Waals surface area (Å²) in [7, 11) is 1.61. The largest absolute Gasteiger partial charge is 0.480 e. The van der Waals surface area contributed by atoms with Crippen LogP contribution in [0.3, 0.4) is 0 Å². The number of ether oxygens (including phenoxy) is 1. The average molecular weight is 283 g/mol. The molecule has 2 atom stereocenters. The minimum absolute atomic E-state index is 0.0964. The Labute approximate surface area is 110 Å².